The Balaban J connectivity index is 2.07. The van der Waals surface area contributed by atoms with Crippen LogP contribution in [-0.2, 0) is 19.1 Å². The van der Waals surface area contributed by atoms with Crippen LogP contribution in [0.4, 0.5) is 0 Å². The zero-order valence-corrected chi connectivity index (χ0v) is 22.0. The molecule has 0 aromatic carbocycles. The average molecular weight is 513 g/mol. The number of carbonyl (C=O) groups is 2. The van der Waals surface area contributed by atoms with Gasteiger partial charge in [-0.05, 0) is 44.9 Å². The smallest absolute Gasteiger partial charge is 0.305 e. The Morgan fingerprint density at radius 2 is 1.56 bits per heavy atom. The molecule has 0 spiro atoms. The molecule has 0 radical (unpaired) electrons. The minimum atomic E-state index is -1.51. The number of hydrogen-bond donors (Lipinski definition) is 4. The van der Waals surface area contributed by atoms with Crippen LogP contribution in [0.1, 0.15) is 105 Å². The highest BCUT2D eigenvalue weighted by Crippen LogP contribution is 2.21. The normalized spacial score (nSPS) is 24.8. The summed E-state index contributed by atoms with van der Waals surface area (Å²) in [6.45, 7) is 2.08. The topological polar surface area (TPSA) is 125 Å². The van der Waals surface area contributed by atoms with Crippen molar-refractivity contribution >= 4 is 11.9 Å². The van der Waals surface area contributed by atoms with Crippen LogP contribution in [0.2, 0.25) is 0 Å². The number of esters is 1. The van der Waals surface area contributed by atoms with Crippen LogP contribution in [0, 0.1) is 0 Å². The zero-order valence-electron chi connectivity index (χ0n) is 23.0. The molecule has 1 fully saturated rings. The van der Waals surface area contributed by atoms with E-state index < -0.39 is 36.6 Å². The van der Waals surface area contributed by atoms with Crippen molar-refractivity contribution in [1.29, 1.82) is 0 Å². The third-order valence-corrected chi connectivity index (χ3v) is 6.16. The number of aliphatic hydroxyl groups is 3. The van der Waals surface area contributed by atoms with Gasteiger partial charge in [0.05, 0.1) is 0 Å². The number of rotatable bonds is 19. The molecule has 1 aliphatic rings. The van der Waals surface area contributed by atoms with Crippen molar-refractivity contribution in [2.45, 2.75) is 134 Å². The largest absolute Gasteiger partial charge is 0.463 e. The second-order valence-corrected chi connectivity index (χ2v) is 9.41. The molecule has 8 heteroatoms. The van der Waals surface area contributed by atoms with Gasteiger partial charge in [-0.25, -0.2) is 0 Å². The Kier molecular flexibility index (Phi) is 17.2. The summed E-state index contributed by atoms with van der Waals surface area (Å²) in [5.74, 6) is -0.764. The first kappa shape index (κ1) is 30.5. The van der Waals surface area contributed by atoms with Gasteiger partial charge in [-0.3, -0.25) is 9.59 Å². The van der Waals surface area contributed by atoms with Crippen LogP contribution in [0.15, 0.2) is 24.3 Å². The number of amides is 1. The van der Waals surface area contributed by atoms with E-state index in [1.807, 2.05) is 6.92 Å². The van der Waals surface area contributed by atoms with Crippen molar-refractivity contribution < 1.29 is 35.8 Å². The lowest BCUT2D eigenvalue weighted by molar-refractivity contribution is -0.255. The first-order valence-electron chi connectivity index (χ1n) is 14.3. The van der Waals surface area contributed by atoms with Crippen molar-refractivity contribution in [2.24, 2.45) is 0 Å². The molecular weight excluding hydrogens is 462 g/mol. The van der Waals surface area contributed by atoms with Crippen LogP contribution < -0.4 is 5.32 Å². The van der Waals surface area contributed by atoms with E-state index in [0.29, 0.717) is 19.7 Å². The molecule has 0 aromatic rings. The molecule has 1 heterocycles. The van der Waals surface area contributed by atoms with Crippen LogP contribution in [0.25, 0.3) is 0 Å². The molecule has 0 bridgehead atoms. The number of ether oxygens (including phenoxy) is 2. The van der Waals surface area contributed by atoms with Gasteiger partial charge in [0.15, 0.2) is 6.29 Å². The van der Waals surface area contributed by atoms with Crippen LogP contribution >= 0.6 is 0 Å². The quantitative estimate of drug-likeness (QED) is 0.117. The monoisotopic (exact) mass is 512 g/mol. The molecule has 5 atom stereocenters. The van der Waals surface area contributed by atoms with Crippen molar-refractivity contribution in [3.63, 3.8) is 0 Å². The van der Waals surface area contributed by atoms with Gasteiger partial charge in [-0.1, -0.05) is 70.2 Å². The molecule has 0 aliphatic carbocycles. The number of allylic oxidation sites excluding steroid dienone is 4. The summed E-state index contributed by atoms with van der Waals surface area (Å²) >= 11 is 0. The molecule has 8 nitrogen and oxygen atoms in total. The van der Waals surface area contributed by atoms with Crippen LogP contribution in [0.3, 0.4) is 0 Å². The first-order valence-corrected chi connectivity index (χ1v) is 13.6. The van der Waals surface area contributed by atoms with E-state index in [-0.39, 0.29) is 25.4 Å². The Morgan fingerprint density at radius 1 is 0.889 bits per heavy atom. The average Bonchev–Trinajstić information content (AvgIpc) is 2.87. The van der Waals surface area contributed by atoms with E-state index in [0.717, 1.165) is 57.8 Å². The summed E-state index contributed by atoms with van der Waals surface area (Å²) in [6, 6.07) is -1.15. The van der Waals surface area contributed by atoms with Gasteiger partial charge < -0.3 is 30.1 Å². The highest BCUT2D eigenvalue weighted by Gasteiger charge is 2.44. The molecule has 36 heavy (non-hydrogen) atoms. The standard InChI is InChI=1S/C28H49NO7/c1-3-5-6-7-8-9-10-11-12-13-14-15-16-17-18-20-24(31)35-21-22-26(32)27(33)25(28(34)36-22)29-23(30)19-4-2/h8-9,11-12,22,25-28,32-34H,3-7,10,13-21H2,1-2H3,(H,29,30)/b9-8-,12-11-/t22-,25-,26-,27-,28?/m1/s1/i1D. The number of hydrogen-bond acceptors (Lipinski definition) is 7. The molecule has 0 aromatic heterocycles. The second-order valence-electron chi connectivity index (χ2n) is 9.41. The lowest BCUT2D eigenvalue weighted by atomic mass is 9.97. The fraction of sp³-hybridized carbons (Fsp3) is 0.786. The lowest BCUT2D eigenvalue weighted by Gasteiger charge is -2.40. The number of carbonyl (C=O) groups excluding carboxylic acids is 2. The Morgan fingerprint density at radius 3 is 2.25 bits per heavy atom. The summed E-state index contributed by atoms with van der Waals surface area (Å²) in [4.78, 5) is 23.8. The molecule has 4 N–H and O–H groups in total. The molecule has 208 valence electrons. The lowest BCUT2D eigenvalue weighted by Crippen LogP contribution is -2.64. The van der Waals surface area contributed by atoms with Crippen molar-refractivity contribution in [2.75, 3.05) is 6.61 Å². The molecule has 1 unspecified atom stereocenters. The van der Waals surface area contributed by atoms with E-state index in [1.54, 1.807) is 0 Å². The van der Waals surface area contributed by atoms with E-state index in [2.05, 4.69) is 29.6 Å². The van der Waals surface area contributed by atoms with Crippen LogP contribution in [0.5, 0.6) is 0 Å². The molecule has 1 amide bonds. The van der Waals surface area contributed by atoms with E-state index in [4.69, 9.17) is 10.8 Å². The molecule has 1 aliphatic heterocycles. The van der Waals surface area contributed by atoms with Gasteiger partial charge in [0.2, 0.25) is 5.91 Å². The third-order valence-electron chi connectivity index (χ3n) is 6.16. The Hall–Kier alpha value is -1.74. The minimum absolute atomic E-state index is 0.234. The molecule has 1 saturated heterocycles. The SMILES string of the molecule is [2H]CCCCC/C=C\C/C=C\CCCCCCCC(=O)OC[C@H]1OC(O)[C@H](NC(=O)CCC)[C@@H](O)[C@@H]1O. The summed E-state index contributed by atoms with van der Waals surface area (Å²) in [6.07, 6.45) is 15.9. The van der Waals surface area contributed by atoms with E-state index in [1.165, 1.54) is 6.42 Å². The minimum Gasteiger partial charge on any atom is -0.463 e. The highest BCUT2D eigenvalue weighted by molar-refractivity contribution is 5.76. The van der Waals surface area contributed by atoms with Gasteiger partial charge in [0, 0.05) is 14.2 Å². The summed E-state index contributed by atoms with van der Waals surface area (Å²) in [7, 11) is 0. The maximum atomic E-state index is 12.0. The maximum absolute atomic E-state index is 12.0. The Bertz CT molecular complexity index is 673. The Labute approximate surface area is 218 Å². The van der Waals surface area contributed by atoms with Gasteiger partial charge >= 0.3 is 5.97 Å². The predicted molar refractivity (Wildman–Crippen MR) is 140 cm³/mol. The van der Waals surface area contributed by atoms with Gasteiger partial charge in [-0.15, -0.1) is 0 Å². The zero-order chi connectivity index (χ0) is 27.3. The second kappa shape index (κ2) is 20.3. The predicted octanol–water partition coefficient (Wildman–Crippen LogP) is 4.07. The van der Waals surface area contributed by atoms with Crippen LogP contribution in [-0.4, -0.2) is 64.4 Å². The van der Waals surface area contributed by atoms with Crippen molar-refractivity contribution in [3.05, 3.63) is 24.3 Å². The van der Waals surface area contributed by atoms with Crippen molar-refractivity contribution in [3.8, 4) is 0 Å². The third kappa shape index (κ3) is 14.1. The maximum Gasteiger partial charge on any atom is 0.305 e. The number of unbranched alkanes of at least 4 members (excludes halogenated alkanes) is 8. The van der Waals surface area contributed by atoms with Gasteiger partial charge in [-0.2, -0.15) is 0 Å². The summed E-state index contributed by atoms with van der Waals surface area (Å²) < 4.78 is 17.6. The number of nitrogens with one attached hydrogen (secondary N) is 1. The first-order chi connectivity index (χ1) is 17.9. The van der Waals surface area contributed by atoms with E-state index in [9.17, 15) is 24.9 Å². The van der Waals surface area contributed by atoms with E-state index >= 15 is 0 Å². The summed E-state index contributed by atoms with van der Waals surface area (Å²) in [5.41, 5.74) is 0. The highest BCUT2D eigenvalue weighted by atomic mass is 16.6. The molecule has 1 rings (SSSR count). The molecular formula is C28H49NO7. The fourth-order valence-electron chi connectivity index (χ4n) is 3.98. The number of aliphatic hydroxyl groups excluding tert-OH is 3. The summed E-state index contributed by atoms with van der Waals surface area (Å²) in [5, 5.41) is 33.1. The van der Waals surface area contributed by atoms with Crippen molar-refractivity contribution in [1.82, 2.24) is 5.32 Å². The molecule has 0 saturated carbocycles. The van der Waals surface area contributed by atoms with Gasteiger partial charge in [0.25, 0.3) is 0 Å². The van der Waals surface area contributed by atoms with Gasteiger partial charge in [0.1, 0.15) is 31.0 Å². The fourth-order valence-corrected chi connectivity index (χ4v) is 3.98.